The summed E-state index contributed by atoms with van der Waals surface area (Å²) < 4.78 is 44.3. The van der Waals surface area contributed by atoms with Gasteiger partial charge >= 0.3 is 36.4 Å². The van der Waals surface area contributed by atoms with Crippen molar-refractivity contribution in [1.82, 2.24) is 19.9 Å². The average molecular weight is 1760 g/mol. The Morgan fingerprint density at radius 1 is 0.470 bits per heavy atom. The molecule has 117 heavy (non-hydrogen) atoms. The number of carbonyl (C=O) groups is 8. The second kappa shape index (κ2) is 40.3. The number of amides is 9. The van der Waals surface area contributed by atoms with Crippen LogP contribution in [0.25, 0.3) is 0 Å². The monoisotopic (exact) mass is 1760 g/mol. The second-order valence-corrected chi connectivity index (χ2v) is 43.6. The largest absolute Gasteiger partial charge is 0.495 e. The van der Waals surface area contributed by atoms with Crippen LogP contribution in [0.5, 0.6) is 23.0 Å². The molecule has 0 aliphatic carbocycles. The molecule has 0 aliphatic rings. The summed E-state index contributed by atoms with van der Waals surface area (Å²) in [6.45, 7) is 42.4. The third-order valence-corrected chi connectivity index (χ3v) is 26.6. The number of ether oxygens (including phenoxy) is 8. The van der Waals surface area contributed by atoms with Gasteiger partial charge in [-0.15, -0.1) is 0 Å². The van der Waals surface area contributed by atoms with Crippen molar-refractivity contribution >= 4 is 180 Å². The van der Waals surface area contributed by atoms with Gasteiger partial charge in [0.15, 0.2) is 16.6 Å². The van der Waals surface area contributed by atoms with Crippen molar-refractivity contribution < 1.29 is 85.8 Å². The lowest BCUT2D eigenvalue weighted by Crippen LogP contribution is -2.48. The summed E-state index contributed by atoms with van der Waals surface area (Å²) in [5.41, 5.74) is 4.73. The van der Waals surface area contributed by atoms with Crippen molar-refractivity contribution in [2.45, 2.75) is 195 Å². The SMILES string of the molecule is C=CC(=O)Cl.C=CC(=O)Nc1cc(CCC(C)(C)[Si](C)(C)O)ccc1N(C(=O)OC(C)(C)C)c1cc(N(C)C(=O)N(C(=O)OC(C)(C)C)c2c(Cl)c(OC)cc(OC)c2Cl)ncn1.COc1cc(OC)c(Cl)c(N(C(=O)OC(C)(C)C)C(=O)N(C)c2cc(N(C(=O)OC(C)(C)C)c3ccc(CCC(C)(C)[Si](C)(C)O)cc3N)ncn2)c1Cl. The minimum atomic E-state index is -2.52. The van der Waals surface area contributed by atoms with Gasteiger partial charge in [0.2, 0.25) is 11.1 Å². The number of imide groups is 2. The van der Waals surface area contributed by atoms with E-state index in [1.165, 1.54) is 71.7 Å². The highest BCUT2D eigenvalue weighted by Crippen LogP contribution is 2.50. The van der Waals surface area contributed by atoms with Gasteiger partial charge in [0.25, 0.3) is 0 Å². The molecule has 6 rings (SSSR count). The summed E-state index contributed by atoms with van der Waals surface area (Å²) in [4.78, 5) is 151. The first-order chi connectivity index (χ1) is 53.6. The van der Waals surface area contributed by atoms with Gasteiger partial charge in [-0.25, -0.2) is 58.5 Å². The molecule has 0 saturated heterocycles. The zero-order valence-corrected chi connectivity index (χ0v) is 77.0. The van der Waals surface area contributed by atoms with Gasteiger partial charge in [0.05, 0.1) is 51.2 Å². The van der Waals surface area contributed by atoms with Crippen LogP contribution in [0.4, 0.5) is 86.2 Å². The summed E-state index contributed by atoms with van der Waals surface area (Å²) in [5, 5.41) is 0.984. The first-order valence-electron chi connectivity index (χ1n) is 36.4. The summed E-state index contributed by atoms with van der Waals surface area (Å²) in [6.07, 6.45) is 3.05. The molecule has 2 aromatic heterocycles. The molecule has 6 aromatic rings. The molecule has 0 spiro atoms. The summed E-state index contributed by atoms with van der Waals surface area (Å²) in [6, 6.07) is 13.9. The first-order valence-corrected chi connectivity index (χ1v) is 44.2. The van der Waals surface area contributed by atoms with Crippen molar-refractivity contribution in [2.24, 2.45) is 0 Å². The van der Waals surface area contributed by atoms with Crippen LogP contribution in [0.15, 0.2) is 98.6 Å². The van der Waals surface area contributed by atoms with E-state index in [1.807, 2.05) is 46.1 Å². The number of nitrogen functional groups attached to an aromatic ring is 1. The molecule has 0 aliphatic heterocycles. The lowest BCUT2D eigenvalue weighted by molar-refractivity contribution is -0.112. The van der Waals surface area contributed by atoms with Crippen LogP contribution in [0, 0.1) is 0 Å². The lowest BCUT2D eigenvalue weighted by Gasteiger charge is -2.35. The van der Waals surface area contributed by atoms with Crippen LogP contribution in [-0.2, 0) is 41.4 Å². The van der Waals surface area contributed by atoms with E-state index in [0.717, 1.165) is 57.1 Å². The van der Waals surface area contributed by atoms with Crippen LogP contribution < -0.4 is 59.4 Å². The molecule has 0 atom stereocenters. The van der Waals surface area contributed by atoms with Crippen molar-refractivity contribution in [2.75, 3.05) is 83.0 Å². The van der Waals surface area contributed by atoms with E-state index in [2.05, 4.69) is 52.3 Å². The molecule has 0 saturated carbocycles. The van der Waals surface area contributed by atoms with Crippen molar-refractivity contribution in [1.29, 1.82) is 0 Å². The van der Waals surface area contributed by atoms with E-state index in [4.69, 9.17) is 102 Å². The molecule has 0 bridgehead atoms. The van der Waals surface area contributed by atoms with E-state index in [-0.39, 0.29) is 111 Å². The highest BCUT2D eigenvalue weighted by atomic mass is 35.5. The molecule has 0 unspecified atom stereocenters. The molecule has 0 radical (unpaired) electrons. The maximum atomic E-state index is 14.5. The zero-order valence-electron chi connectivity index (χ0n) is 71.2. The van der Waals surface area contributed by atoms with Gasteiger partial charge in [-0.3, -0.25) is 19.4 Å². The topological polar surface area (TPSA) is 360 Å². The van der Waals surface area contributed by atoms with Gasteiger partial charge < -0.3 is 58.5 Å². The average Bonchev–Trinajstić information content (AvgIpc) is 0.782. The minimum Gasteiger partial charge on any atom is -0.495 e. The second-order valence-electron chi connectivity index (χ2n) is 32.8. The molecular formula is C80H109Cl5N12O18Si2. The summed E-state index contributed by atoms with van der Waals surface area (Å²) in [7, 11) is 3.09. The normalized spacial score (nSPS) is 11.8. The molecule has 30 nitrogen and oxygen atoms in total. The third-order valence-electron chi connectivity index (χ3n) is 17.9. The number of nitrogens with zero attached hydrogens (tertiary/aromatic N) is 10. The van der Waals surface area contributed by atoms with Gasteiger partial charge in [-0.1, -0.05) is 99.4 Å². The van der Waals surface area contributed by atoms with Crippen LogP contribution >= 0.6 is 58.0 Å². The highest BCUT2D eigenvalue weighted by Gasteiger charge is 2.43. The Balaban J connectivity index is 0.000000466. The highest BCUT2D eigenvalue weighted by molar-refractivity contribution is 6.73. The Morgan fingerprint density at radius 3 is 1.06 bits per heavy atom. The number of urea groups is 2. The number of aryl methyl sites for hydroxylation is 2. The quantitative estimate of drug-likeness (QED) is 0.0152. The number of aromatic nitrogens is 4. The molecule has 37 heteroatoms. The maximum absolute atomic E-state index is 14.5. The van der Waals surface area contributed by atoms with Crippen molar-refractivity contribution in [3.05, 3.63) is 130 Å². The van der Waals surface area contributed by atoms with Gasteiger partial charge in [-0.2, -0.15) is 9.80 Å². The van der Waals surface area contributed by atoms with Crippen molar-refractivity contribution in [3.63, 3.8) is 0 Å². The fourth-order valence-corrected chi connectivity index (χ4v) is 12.8. The Morgan fingerprint density at radius 2 is 0.769 bits per heavy atom. The Bertz CT molecular complexity index is 4590. The fourth-order valence-electron chi connectivity index (χ4n) is 10.0. The number of nitrogens with one attached hydrogen (secondary N) is 1. The lowest BCUT2D eigenvalue weighted by atomic mass is 10.0. The van der Waals surface area contributed by atoms with Crippen LogP contribution in [0.2, 0.25) is 56.4 Å². The Labute approximate surface area is 712 Å². The minimum absolute atomic E-state index is 0.00504. The number of benzene rings is 4. The predicted octanol–water partition coefficient (Wildman–Crippen LogP) is 20.2. The number of rotatable bonds is 23. The summed E-state index contributed by atoms with van der Waals surface area (Å²) in [5.74, 6) is -0.508. The molecule has 640 valence electrons. The smallest absolute Gasteiger partial charge is 0.423 e. The standard InChI is InChI=1S/C40H54Cl2N6O9Si.C37H52Cl2N6O8Si.C3H3ClO/c1-15-31(49)45-25-20-24(18-19-40(8,9)58(13,14)53)16-17-26(25)47(36(51)56-38(2,3)4)30-22-29(43-23-44-30)46(10)35(50)48(37(52)57-39(5,6)7)34-32(41)27(54-11)21-28(55-12)33(34)42;1-35(2,3)52-33(47)44(24-15-14-22(18-23(24)40)16-17-37(7,8)54(12,13)49)28-20-27(41-21-42-28)43(9)32(46)45(34(48)53-36(4,5)6)31-29(38)25(50-10)19-26(51-11)30(31)39;1-2-3(4)5/h15-17,20-23,53H,1,18-19H2,2-14H3,(H,45,49);14-15,18-21,49H,16-17,40H2,1-13H3;2H,1H2. The number of hydrogen-bond donors (Lipinski definition) is 4. The van der Waals surface area contributed by atoms with Crippen LogP contribution in [0.1, 0.15) is 135 Å². The number of halogens is 5. The van der Waals surface area contributed by atoms with Gasteiger partial charge in [-0.05, 0) is 204 Å². The first kappa shape index (κ1) is 99.8. The summed E-state index contributed by atoms with van der Waals surface area (Å²) >= 11 is 31.4. The number of allylic oxidation sites excluding steroid dienone is 1. The van der Waals surface area contributed by atoms with Crippen LogP contribution in [0.3, 0.4) is 0 Å². The molecular weight excluding hydrogens is 1650 g/mol. The number of nitrogens with two attached hydrogens (primary N) is 1. The number of carbonyl (C=O) groups excluding carboxylic acids is 8. The number of hydrogen-bond acceptors (Lipinski definition) is 23. The van der Waals surface area contributed by atoms with Gasteiger partial charge in [0, 0.05) is 38.4 Å². The Hall–Kier alpha value is -9.52. The molecule has 4 aromatic carbocycles. The maximum Gasteiger partial charge on any atom is 0.423 e. The van der Waals surface area contributed by atoms with Crippen LogP contribution in [-0.4, -0.2) is 159 Å². The predicted molar refractivity (Wildman–Crippen MR) is 466 cm³/mol. The van der Waals surface area contributed by atoms with E-state index in [0.29, 0.717) is 29.1 Å². The Kier molecular flexibility index (Phi) is 34.4. The van der Waals surface area contributed by atoms with Crippen molar-refractivity contribution in [3.8, 4) is 23.0 Å². The zero-order chi connectivity index (χ0) is 89.6. The van der Waals surface area contributed by atoms with E-state index < -0.39 is 86.6 Å². The third kappa shape index (κ3) is 27.3. The number of methoxy groups -OCH3 is 4. The molecule has 2 heterocycles. The van der Waals surface area contributed by atoms with E-state index in [1.54, 1.807) is 113 Å². The van der Waals surface area contributed by atoms with E-state index >= 15 is 0 Å². The fraction of sp³-hybridized carbons (Fsp3) is 0.450. The molecule has 5 N–H and O–H groups in total. The molecule has 9 amide bonds. The van der Waals surface area contributed by atoms with Gasteiger partial charge in [0.1, 0.15) is 113 Å². The number of anilines is 10. The molecule has 0 fully saturated rings. The van der Waals surface area contributed by atoms with E-state index in [9.17, 15) is 47.9 Å².